The second-order valence-corrected chi connectivity index (χ2v) is 16.3. The van der Waals surface area contributed by atoms with Crippen LogP contribution in [0.5, 0.6) is 0 Å². The zero-order chi connectivity index (χ0) is 20.5. The third-order valence-corrected chi connectivity index (χ3v) is 19.0. The Bertz CT molecular complexity index is 318. The monoisotopic (exact) mass is 433 g/mol. The van der Waals surface area contributed by atoms with Crippen LogP contribution in [0.2, 0.25) is 4.28 Å². The molecular weight excluding hydrogens is 398 g/mol. The van der Waals surface area contributed by atoms with Gasteiger partial charge in [-0.25, -0.2) is 0 Å². The van der Waals surface area contributed by atoms with E-state index in [2.05, 4.69) is 5.32 Å². The lowest BCUT2D eigenvalue weighted by atomic mass is 10.5. The molecule has 0 aliphatic heterocycles. The molecule has 0 bridgehead atoms. The molecule has 10 nitrogen and oxygen atoms in total. The average Bonchev–Trinajstić information content (AvgIpc) is 2.70. The Hall–Kier alpha value is 0.251. The minimum Gasteiger partial charge on any atom is -0.377 e. The third kappa shape index (κ3) is 3.73. The van der Waals surface area contributed by atoms with Gasteiger partial charge in [-0.15, -0.1) is 0 Å². The molecular formula is C13H35NO9Si3. The van der Waals surface area contributed by atoms with Crippen LogP contribution in [0.1, 0.15) is 6.42 Å². The summed E-state index contributed by atoms with van der Waals surface area (Å²) < 4.78 is 51.7. The van der Waals surface area contributed by atoms with Crippen molar-refractivity contribution in [3.05, 3.63) is 0 Å². The van der Waals surface area contributed by atoms with E-state index in [4.69, 9.17) is 39.8 Å². The van der Waals surface area contributed by atoms with Crippen molar-refractivity contribution >= 4 is 26.4 Å². The van der Waals surface area contributed by atoms with Gasteiger partial charge in [0.2, 0.25) is 0 Å². The summed E-state index contributed by atoms with van der Waals surface area (Å²) in [6, 6.07) is 0. The lowest BCUT2D eigenvalue weighted by molar-refractivity contribution is 0.0297. The van der Waals surface area contributed by atoms with E-state index >= 15 is 0 Å². The highest BCUT2D eigenvalue weighted by molar-refractivity contribution is 7.02. The van der Waals surface area contributed by atoms with Gasteiger partial charge >= 0.3 is 26.4 Å². The second kappa shape index (κ2) is 11.3. The van der Waals surface area contributed by atoms with Crippen molar-refractivity contribution in [2.75, 3.05) is 77.6 Å². The quantitative estimate of drug-likeness (QED) is 0.357. The first kappa shape index (κ1) is 26.3. The Labute approximate surface area is 160 Å². The standard InChI is InChI=1S/C13H35NO9Si3/c1-14-12-11-13(24(15-2,16-3)17-4,25(18-5,19-6)20-7)26(21-8,22-9)23-10/h14H,11-12H2,1-10H3. The Morgan fingerprint density at radius 3 is 0.923 bits per heavy atom. The molecule has 0 spiro atoms. The van der Waals surface area contributed by atoms with Crippen LogP contribution in [0, 0.1) is 0 Å². The molecule has 0 saturated carbocycles. The summed E-state index contributed by atoms with van der Waals surface area (Å²) >= 11 is 0. The van der Waals surface area contributed by atoms with E-state index in [-0.39, 0.29) is 0 Å². The van der Waals surface area contributed by atoms with Gasteiger partial charge in [-0.05, 0) is 20.0 Å². The van der Waals surface area contributed by atoms with Crippen molar-refractivity contribution in [3.8, 4) is 0 Å². The predicted molar refractivity (Wildman–Crippen MR) is 102 cm³/mol. The van der Waals surface area contributed by atoms with Crippen molar-refractivity contribution in [1.82, 2.24) is 5.32 Å². The van der Waals surface area contributed by atoms with Gasteiger partial charge in [0.15, 0.2) is 4.28 Å². The smallest absolute Gasteiger partial charge is 0.377 e. The van der Waals surface area contributed by atoms with Gasteiger partial charge in [-0.2, -0.15) is 0 Å². The van der Waals surface area contributed by atoms with Crippen LogP contribution in [0.25, 0.3) is 0 Å². The molecule has 158 valence electrons. The van der Waals surface area contributed by atoms with E-state index in [1.54, 1.807) is 0 Å². The molecule has 0 aromatic carbocycles. The first-order valence-corrected chi connectivity index (χ1v) is 13.1. The largest absolute Gasteiger partial charge is 0.516 e. The van der Waals surface area contributed by atoms with Crippen LogP contribution in [-0.4, -0.2) is 104 Å². The van der Waals surface area contributed by atoms with Crippen LogP contribution in [0.4, 0.5) is 0 Å². The van der Waals surface area contributed by atoms with Crippen molar-refractivity contribution in [1.29, 1.82) is 0 Å². The Kier molecular flexibility index (Phi) is 11.4. The van der Waals surface area contributed by atoms with E-state index in [1.165, 1.54) is 64.0 Å². The summed E-state index contributed by atoms with van der Waals surface area (Å²) in [6.07, 6.45) is 0.384. The Morgan fingerprint density at radius 1 is 0.538 bits per heavy atom. The average molecular weight is 434 g/mol. The fourth-order valence-electron chi connectivity index (χ4n) is 3.65. The summed E-state index contributed by atoms with van der Waals surface area (Å²) in [5.74, 6) is 0. The molecule has 13 heteroatoms. The van der Waals surface area contributed by atoms with Gasteiger partial charge in [0.1, 0.15) is 0 Å². The lowest BCUT2D eigenvalue weighted by Crippen LogP contribution is -2.80. The fourth-order valence-corrected chi connectivity index (χ4v) is 19.6. The van der Waals surface area contributed by atoms with E-state index < -0.39 is 30.7 Å². The topological polar surface area (TPSA) is 95.1 Å². The number of rotatable bonds is 15. The van der Waals surface area contributed by atoms with Gasteiger partial charge in [-0.1, -0.05) is 0 Å². The summed E-state index contributed by atoms with van der Waals surface area (Å²) in [4.78, 5) is 0. The highest BCUT2D eigenvalue weighted by Crippen LogP contribution is 2.57. The summed E-state index contributed by atoms with van der Waals surface area (Å²) in [5, 5.41) is 3.12. The molecule has 1 N–H and O–H groups in total. The van der Waals surface area contributed by atoms with E-state index in [9.17, 15) is 0 Å². The molecule has 0 saturated heterocycles. The second-order valence-electron chi connectivity index (χ2n) is 5.26. The molecule has 0 unspecified atom stereocenters. The van der Waals surface area contributed by atoms with Crippen LogP contribution in [-0.2, 0) is 39.8 Å². The first-order valence-electron chi connectivity index (χ1n) is 7.97. The Morgan fingerprint density at radius 2 is 0.769 bits per heavy atom. The van der Waals surface area contributed by atoms with Gasteiger partial charge < -0.3 is 45.2 Å². The molecule has 0 rings (SSSR count). The molecule has 0 aliphatic rings. The molecule has 0 aromatic rings. The molecule has 0 aromatic heterocycles. The highest BCUT2D eigenvalue weighted by Gasteiger charge is 2.88. The molecule has 0 aliphatic carbocycles. The number of nitrogens with one attached hydrogen (secondary N) is 1. The van der Waals surface area contributed by atoms with Gasteiger partial charge in [-0.3, -0.25) is 0 Å². The lowest BCUT2D eigenvalue weighted by Gasteiger charge is -2.53. The van der Waals surface area contributed by atoms with E-state index in [0.717, 1.165) is 0 Å². The highest BCUT2D eigenvalue weighted by atomic mass is 28.5. The van der Waals surface area contributed by atoms with Crippen molar-refractivity contribution in [2.45, 2.75) is 10.7 Å². The maximum atomic E-state index is 5.88. The maximum Gasteiger partial charge on any atom is 0.516 e. The number of hydrogen-bond donors (Lipinski definition) is 1. The molecule has 0 fully saturated rings. The normalized spacial score (nSPS) is 14.1. The summed E-state index contributed by atoms with van der Waals surface area (Å²) in [7, 11) is 4.60. The van der Waals surface area contributed by atoms with E-state index in [1.807, 2.05) is 7.05 Å². The van der Waals surface area contributed by atoms with Gasteiger partial charge in [0, 0.05) is 64.0 Å². The zero-order valence-electron chi connectivity index (χ0n) is 17.6. The van der Waals surface area contributed by atoms with Gasteiger partial charge in [0.25, 0.3) is 0 Å². The van der Waals surface area contributed by atoms with E-state index in [0.29, 0.717) is 13.0 Å². The molecule has 0 atom stereocenters. The first-order chi connectivity index (χ1) is 12.4. The van der Waals surface area contributed by atoms with Crippen LogP contribution >= 0.6 is 0 Å². The van der Waals surface area contributed by atoms with Crippen molar-refractivity contribution in [3.63, 3.8) is 0 Å². The molecule has 0 radical (unpaired) electrons. The third-order valence-electron chi connectivity index (χ3n) is 4.74. The number of hydrogen-bond acceptors (Lipinski definition) is 10. The summed E-state index contributed by atoms with van der Waals surface area (Å²) in [6.45, 7) is 0.528. The molecule has 26 heavy (non-hydrogen) atoms. The van der Waals surface area contributed by atoms with Crippen LogP contribution in [0.3, 0.4) is 0 Å². The summed E-state index contributed by atoms with van der Waals surface area (Å²) in [5.41, 5.74) is 0. The Balaban J connectivity index is 7.26. The van der Waals surface area contributed by atoms with Gasteiger partial charge in [0.05, 0.1) is 0 Å². The SMILES string of the molecule is CNCCC([Si](OC)(OC)OC)([Si](OC)(OC)OC)[Si](OC)(OC)OC. The maximum absolute atomic E-state index is 5.88. The zero-order valence-corrected chi connectivity index (χ0v) is 20.6. The molecule has 0 heterocycles. The minimum atomic E-state index is -3.60. The minimum absolute atomic E-state index is 0.384. The molecule has 0 amide bonds. The van der Waals surface area contributed by atoms with Crippen molar-refractivity contribution < 1.29 is 39.8 Å². The van der Waals surface area contributed by atoms with Crippen LogP contribution in [0.15, 0.2) is 0 Å². The predicted octanol–water partition coefficient (Wildman–Crippen LogP) is 0.0490. The van der Waals surface area contributed by atoms with Crippen molar-refractivity contribution in [2.24, 2.45) is 0 Å². The van der Waals surface area contributed by atoms with Crippen LogP contribution < -0.4 is 5.32 Å². The fraction of sp³-hybridized carbons (Fsp3) is 1.00.